The van der Waals surface area contributed by atoms with Crippen LogP contribution in [0.4, 0.5) is 0 Å². The van der Waals surface area contributed by atoms with Gasteiger partial charge in [-0.25, -0.2) is 0 Å². The summed E-state index contributed by atoms with van der Waals surface area (Å²) in [5.41, 5.74) is 0.342. The summed E-state index contributed by atoms with van der Waals surface area (Å²) in [7, 11) is 0. The fraction of sp³-hybridized carbons (Fsp3) is 1.00. The highest BCUT2D eigenvalue weighted by Gasteiger charge is 2.43. The molecule has 2 aliphatic rings. The van der Waals surface area contributed by atoms with Crippen molar-refractivity contribution in [2.75, 3.05) is 19.8 Å². The maximum Gasteiger partial charge on any atom is 0.170 e. The van der Waals surface area contributed by atoms with Gasteiger partial charge in [-0.1, -0.05) is 0 Å². The van der Waals surface area contributed by atoms with Gasteiger partial charge in [0.15, 0.2) is 6.29 Å². The van der Waals surface area contributed by atoms with Gasteiger partial charge in [-0.2, -0.15) is 0 Å². The zero-order valence-electron chi connectivity index (χ0n) is 8.75. The third kappa shape index (κ3) is 1.73. The summed E-state index contributed by atoms with van der Waals surface area (Å²) >= 11 is 0. The van der Waals surface area contributed by atoms with Gasteiger partial charge < -0.3 is 9.47 Å². The normalized spacial score (nSPS) is 34.8. The summed E-state index contributed by atoms with van der Waals surface area (Å²) in [5, 5.41) is 0. The molecule has 0 amide bonds. The van der Waals surface area contributed by atoms with E-state index in [1.165, 1.54) is 6.42 Å². The molecular formula is C10H19NO2. The molecule has 0 spiro atoms. The van der Waals surface area contributed by atoms with E-state index in [1.54, 1.807) is 0 Å². The molecule has 0 aromatic carbocycles. The SMILES string of the molecule is CC1CC(C)(C)N1CC1OCCO1. The van der Waals surface area contributed by atoms with Gasteiger partial charge in [0.25, 0.3) is 0 Å². The van der Waals surface area contributed by atoms with Crippen molar-refractivity contribution in [2.45, 2.75) is 45.1 Å². The summed E-state index contributed by atoms with van der Waals surface area (Å²) in [6.45, 7) is 9.26. The smallest absolute Gasteiger partial charge is 0.170 e. The fourth-order valence-electron chi connectivity index (χ4n) is 2.53. The number of rotatable bonds is 2. The van der Waals surface area contributed by atoms with Gasteiger partial charge in [-0.3, -0.25) is 4.90 Å². The summed E-state index contributed by atoms with van der Waals surface area (Å²) in [5.74, 6) is 0. The van der Waals surface area contributed by atoms with E-state index in [9.17, 15) is 0 Å². The van der Waals surface area contributed by atoms with Crippen LogP contribution in [-0.4, -0.2) is 42.5 Å². The number of hydrogen-bond acceptors (Lipinski definition) is 3. The molecule has 3 heteroatoms. The van der Waals surface area contributed by atoms with E-state index >= 15 is 0 Å². The van der Waals surface area contributed by atoms with Crippen LogP contribution in [0.15, 0.2) is 0 Å². The van der Waals surface area contributed by atoms with E-state index in [2.05, 4.69) is 25.7 Å². The Kier molecular flexibility index (Phi) is 2.34. The lowest BCUT2D eigenvalue weighted by Crippen LogP contribution is -2.63. The van der Waals surface area contributed by atoms with Gasteiger partial charge in [0.2, 0.25) is 0 Å². The second-order valence-corrected chi connectivity index (χ2v) is 4.69. The van der Waals surface area contributed by atoms with Crippen LogP contribution in [-0.2, 0) is 9.47 Å². The van der Waals surface area contributed by atoms with Gasteiger partial charge in [0.1, 0.15) is 0 Å². The molecule has 2 heterocycles. The van der Waals surface area contributed by atoms with Gasteiger partial charge in [0.05, 0.1) is 19.8 Å². The lowest BCUT2D eigenvalue weighted by atomic mass is 9.82. The molecule has 0 aromatic heterocycles. The van der Waals surface area contributed by atoms with Crippen LogP contribution in [0.25, 0.3) is 0 Å². The van der Waals surface area contributed by atoms with Crippen molar-refractivity contribution in [1.82, 2.24) is 4.90 Å². The van der Waals surface area contributed by atoms with Crippen LogP contribution in [0, 0.1) is 0 Å². The van der Waals surface area contributed by atoms with Crippen molar-refractivity contribution < 1.29 is 9.47 Å². The first-order valence-electron chi connectivity index (χ1n) is 5.09. The first-order chi connectivity index (χ1) is 6.09. The van der Waals surface area contributed by atoms with Crippen molar-refractivity contribution in [3.8, 4) is 0 Å². The van der Waals surface area contributed by atoms with Crippen LogP contribution in [0.1, 0.15) is 27.2 Å². The molecular weight excluding hydrogens is 166 g/mol. The van der Waals surface area contributed by atoms with Crippen LogP contribution >= 0.6 is 0 Å². The molecule has 3 nitrogen and oxygen atoms in total. The van der Waals surface area contributed by atoms with E-state index < -0.39 is 0 Å². The van der Waals surface area contributed by atoms with Crippen molar-refractivity contribution in [2.24, 2.45) is 0 Å². The van der Waals surface area contributed by atoms with E-state index in [-0.39, 0.29) is 6.29 Å². The quantitative estimate of drug-likeness (QED) is 0.646. The minimum absolute atomic E-state index is 0.0158. The maximum atomic E-state index is 5.44. The lowest BCUT2D eigenvalue weighted by Gasteiger charge is -2.54. The van der Waals surface area contributed by atoms with Crippen molar-refractivity contribution in [3.63, 3.8) is 0 Å². The molecule has 2 aliphatic heterocycles. The molecule has 0 aliphatic carbocycles. The predicted octanol–water partition coefficient (Wildman–Crippen LogP) is 1.23. The predicted molar refractivity (Wildman–Crippen MR) is 50.6 cm³/mol. The summed E-state index contributed by atoms with van der Waals surface area (Å²) in [6.07, 6.45) is 1.29. The second kappa shape index (κ2) is 3.23. The topological polar surface area (TPSA) is 21.7 Å². The second-order valence-electron chi connectivity index (χ2n) is 4.69. The summed E-state index contributed by atoms with van der Waals surface area (Å²) in [6, 6.07) is 0.683. The largest absolute Gasteiger partial charge is 0.349 e. The van der Waals surface area contributed by atoms with Crippen LogP contribution < -0.4 is 0 Å². The molecule has 0 aromatic rings. The summed E-state index contributed by atoms with van der Waals surface area (Å²) < 4.78 is 10.9. The van der Waals surface area contributed by atoms with Crippen molar-refractivity contribution in [3.05, 3.63) is 0 Å². The fourth-order valence-corrected chi connectivity index (χ4v) is 2.53. The molecule has 76 valence electrons. The monoisotopic (exact) mass is 185 g/mol. The Hall–Kier alpha value is -0.120. The van der Waals surface area contributed by atoms with Crippen LogP contribution in [0.2, 0.25) is 0 Å². The van der Waals surface area contributed by atoms with E-state index in [1.807, 2.05) is 0 Å². The molecule has 2 fully saturated rings. The molecule has 2 saturated heterocycles. The lowest BCUT2D eigenvalue weighted by molar-refractivity contribution is -0.125. The molecule has 13 heavy (non-hydrogen) atoms. The Morgan fingerprint density at radius 1 is 1.31 bits per heavy atom. The minimum atomic E-state index is 0.0158. The Bertz CT molecular complexity index is 187. The maximum absolute atomic E-state index is 5.44. The van der Waals surface area contributed by atoms with Crippen LogP contribution in [0.3, 0.4) is 0 Å². The average molecular weight is 185 g/mol. The van der Waals surface area contributed by atoms with Gasteiger partial charge in [0, 0.05) is 11.6 Å². The highest BCUT2D eigenvalue weighted by Crippen LogP contribution is 2.36. The third-order valence-electron chi connectivity index (χ3n) is 3.14. The molecule has 0 N–H and O–H groups in total. The molecule has 0 radical (unpaired) electrons. The van der Waals surface area contributed by atoms with Crippen molar-refractivity contribution >= 4 is 0 Å². The van der Waals surface area contributed by atoms with Gasteiger partial charge >= 0.3 is 0 Å². The van der Waals surface area contributed by atoms with E-state index in [0.717, 1.165) is 19.8 Å². The molecule has 0 saturated carbocycles. The first-order valence-corrected chi connectivity index (χ1v) is 5.09. The Morgan fingerprint density at radius 3 is 2.38 bits per heavy atom. The molecule has 1 unspecified atom stereocenters. The minimum Gasteiger partial charge on any atom is -0.349 e. The standard InChI is InChI=1S/C10H19NO2/c1-8-6-10(2,3)11(8)7-9-12-4-5-13-9/h8-9H,4-7H2,1-3H3. The number of nitrogens with zero attached hydrogens (tertiary/aromatic N) is 1. The van der Waals surface area contributed by atoms with Gasteiger partial charge in [-0.05, 0) is 27.2 Å². The Labute approximate surface area is 80.0 Å². The zero-order valence-corrected chi connectivity index (χ0v) is 8.75. The summed E-state index contributed by atoms with van der Waals surface area (Å²) in [4.78, 5) is 2.46. The molecule has 2 rings (SSSR count). The van der Waals surface area contributed by atoms with Crippen molar-refractivity contribution in [1.29, 1.82) is 0 Å². The number of ether oxygens (including phenoxy) is 2. The molecule has 1 atom stereocenters. The number of likely N-dealkylation sites (tertiary alicyclic amines) is 1. The zero-order chi connectivity index (χ0) is 9.47. The highest BCUT2D eigenvalue weighted by atomic mass is 16.7. The Morgan fingerprint density at radius 2 is 1.92 bits per heavy atom. The first kappa shape index (κ1) is 9.44. The number of hydrogen-bond donors (Lipinski definition) is 0. The molecule has 0 bridgehead atoms. The van der Waals surface area contributed by atoms with Crippen LogP contribution in [0.5, 0.6) is 0 Å². The Balaban J connectivity index is 1.86. The highest BCUT2D eigenvalue weighted by molar-refractivity contribution is 4.98. The van der Waals surface area contributed by atoms with E-state index in [0.29, 0.717) is 11.6 Å². The van der Waals surface area contributed by atoms with E-state index in [4.69, 9.17) is 9.47 Å². The average Bonchev–Trinajstić information content (AvgIpc) is 2.51. The van der Waals surface area contributed by atoms with Gasteiger partial charge in [-0.15, -0.1) is 0 Å². The third-order valence-corrected chi connectivity index (χ3v) is 3.14.